The largest absolute Gasteiger partial charge is 0.309 e. The molecule has 1 heteroatoms. The first-order valence-corrected chi connectivity index (χ1v) is 18.1. The van der Waals surface area contributed by atoms with Crippen molar-refractivity contribution in [1.29, 1.82) is 0 Å². The summed E-state index contributed by atoms with van der Waals surface area (Å²) in [5.41, 5.74) is 12.7. The van der Waals surface area contributed by atoms with Crippen LogP contribution in [0.15, 0.2) is 182 Å². The molecule has 0 amide bonds. The van der Waals surface area contributed by atoms with Crippen molar-refractivity contribution in [2.45, 2.75) is 20.8 Å². The maximum atomic E-state index is 2.36. The van der Waals surface area contributed by atoms with Gasteiger partial charge in [-0.05, 0) is 123 Å². The highest BCUT2D eigenvalue weighted by Gasteiger charge is 2.14. The Hall–Kier alpha value is -6.44. The van der Waals surface area contributed by atoms with Gasteiger partial charge >= 0.3 is 0 Å². The first-order valence-electron chi connectivity index (χ1n) is 18.1. The molecule has 0 saturated carbocycles. The van der Waals surface area contributed by atoms with Crippen LogP contribution >= 0.6 is 0 Å². The number of hydrogen-bond donors (Lipinski definition) is 0. The van der Waals surface area contributed by atoms with E-state index in [0.29, 0.717) is 0 Å². The summed E-state index contributed by atoms with van der Waals surface area (Å²) in [6.45, 7) is 6.54. The Balaban J connectivity index is 0.000000160. The maximum Gasteiger partial charge on any atom is 0.0541 e. The molecule has 0 fully saturated rings. The van der Waals surface area contributed by atoms with E-state index in [9.17, 15) is 0 Å². The fourth-order valence-corrected chi connectivity index (χ4v) is 8.00. The molecule has 0 aliphatic heterocycles. The molecule has 0 spiro atoms. The van der Waals surface area contributed by atoms with Crippen LogP contribution in [0.1, 0.15) is 16.7 Å². The third kappa shape index (κ3) is 5.43. The van der Waals surface area contributed by atoms with Gasteiger partial charge in [0.25, 0.3) is 0 Å². The van der Waals surface area contributed by atoms with Crippen molar-refractivity contribution in [3.05, 3.63) is 199 Å². The first kappa shape index (κ1) is 31.5. The zero-order chi connectivity index (χ0) is 35.2. The van der Waals surface area contributed by atoms with Crippen molar-refractivity contribution >= 4 is 54.1 Å². The molecule has 0 atom stereocenters. The fourth-order valence-electron chi connectivity index (χ4n) is 8.00. The lowest BCUT2D eigenvalue weighted by Crippen LogP contribution is -1.93. The lowest BCUT2D eigenvalue weighted by atomic mass is 9.92. The van der Waals surface area contributed by atoms with Gasteiger partial charge in [-0.25, -0.2) is 0 Å². The van der Waals surface area contributed by atoms with E-state index < -0.39 is 0 Å². The van der Waals surface area contributed by atoms with Crippen molar-refractivity contribution in [1.82, 2.24) is 4.57 Å². The quantitative estimate of drug-likeness (QED) is 0.166. The molecule has 0 saturated heterocycles. The van der Waals surface area contributed by atoms with Crippen molar-refractivity contribution in [2.75, 3.05) is 0 Å². The van der Waals surface area contributed by atoms with E-state index in [0.717, 1.165) is 0 Å². The van der Waals surface area contributed by atoms with E-state index >= 15 is 0 Å². The van der Waals surface area contributed by atoms with Gasteiger partial charge in [-0.15, -0.1) is 0 Å². The summed E-state index contributed by atoms with van der Waals surface area (Å²) in [7, 11) is 0. The second-order valence-electron chi connectivity index (χ2n) is 13.9. The normalized spacial score (nSPS) is 11.4. The SMILES string of the molecule is Cc1ccc2c3ccccc3c3ccccc3c2c1.Cc1ccccc1-c1cc(-c2ccc3c(c2)c2ccccc2n3-c2ccccc2)ccc1C. The molecule has 10 rings (SSSR count). The maximum absolute atomic E-state index is 2.36. The molecule has 1 heterocycles. The summed E-state index contributed by atoms with van der Waals surface area (Å²) < 4.78 is 2.36. The second kappa shape index (κ2) is 13.0. The van der Waals surface area contributed by atoms with Crippen molar-refractivity contribution in [3.8, 4) is 27.9 Å². The van der Waals surface area contributed by atoms with Crippen LogP contribution in [0.4, 0.5) is 0 Å². The van der Waals surface area contributed by atoms with Crippen molar-refractivity contribution in [2.24, 2.45) is 0 Å². The summed E-state index contributed by atoms with van der Waals surface area (Å²) in [5, 5.41) is 10.6. The highest BCUT2D eigenvalue weighted by molar-refractivity contribution is 6.25. The van der Waals surface area contributed by atoms with E-state index in [4.69, 9.17) is 0 Å². The Morgan fingerprint density at radius 2 is 0.827 bits per heavy atom. The molecular weight excluding hydrogens is 627 g/mol. The van der Waals surface area contributed by atoms with Crippen LogP contribution in [-0.2, 0) is 0 Å². The highest BCUT2D eigenvalue weighted by Crippen LogP contribution is 2.38. The minimum absolute atomic E-state index is 1.19. The second-order valence-corrected chi connectivity index (χ2v) is 13.9. The molecule has 1 nitrogen and oxygen atoms in total. The van der Waals surface area contributed by atoms with Crippen LogP contribution in [0.25, 0.3) is 82.1 Å². The molecule has 0 unspecified atom stereocenters. The number of aryl methyl sites for hydroxylation is 3. The summed E-state index contributed by atoms with van der Waals surface area (Å²) >= 11 is 0. The first-order chi connectivity index (χ1) is 25.5. The molecule has 0 aliphatic carbocycles. The Labute approximate surface area is 305 Å². The number of rotatable bonds is 3. The van der Waals surface area contributed by atoms with Gasteiger partial charge in [0.1, 0.15) is 0 Å². The smallest absolute Gasteiger partial charge is 0.0541 e. The zero-order valence-corrected chi connectivity index (χ0v) is 29.8. The number of benzene rings is 9. The minimum Gasteiger partial charge on any atom is -0.309 e. The Bertz CT molecular complexity index is 2890. The molecule has 0 N–H and O–H groups in total. The van der Waals surface area contributed by atoms with Gasteiger partial charge in [0.05, 0.1) is 11.0 Å². The molecule has 1 aromatic heterocycles. The van der Waals surface area contributed by atoms with E-state index in [1.165, 1.54) is 98.8 Å². The van der Waals surface area contributed by atoms with Gasteiger partial charge in [-0.3, -0.25) is 0 Å². The average Bonchev–Trinajstić information content (AvgIpc) is 3.53. The number of nitrogens with zero attached hydrogens (tertiary/aromatic N) is 1. The number of hydrogen-bond acceptors (Lipinski definition) is 0. The highest BCUT2D eigenvalue weighted by atomic mass is 15.0. The van der Waals surface area contributed by atoms with Crippen molar-refractivity contribution in [3.63, 3.8) is 0 Å². The van der Waals surface area contributed by atoms with Gasteiger partial charge in [0, 0.05) is 16.5 Å². The van der Waals surface area contributed by atoms with Gasteiger partial charge < -0.3 is 4.57 Å². The molecule has 0 aliphatic rings. The Morgan fingerprint density at radius 1 is 0.308 bits per heavy atom. The summed E-state index contributed by atoms with van der Waals surface area (Å²) in [5.74, 6) is 0. The van der Waals surface area contributed by atoms with Crippen molar-refractivity contribution < 1.29 is 0 Å². The topological polar surface area (TPSA) is 4.93 Å². The number of para-hydroxylation sites is 2. The Kier molecular flexibility index (Phi) is 7.90. The van der Waals surface area contributed by atoms with E-state index in [1.54, 1.807) is 0 Å². The fraction of sp³-hybridized carbons (Fsp3) is 0.0588. The third-order valence-corrected chi connectivity index (χ3v) is 10.6. The van der Waals surface area contributed by atoms with Gasteiger partial charge in [0.2, 0.25) is 0 Å². The standard InChI is InChI=1S/C32H25N.C19H14/c1-22-10-6-7-13-27(22)29-20-24(17-16-23(29)2)25-18-19-32-30(21-25)28-14-8-9-15-31(28)33(32)26-11-4-3-5-12-26;1-13-10-11-18-16-8-3-2-6-14(16)15-7-4-5-9-17(15)19(18)12-13/h3-21H,1-2H3;2-12H,1H3. The van der Waals surface area contributed by atoms with Crippen LogP contribution in [0.2, 0.25) is 0 Å². The molecular formula is C51H39N. The molecule has 0 bridgehead atoms. The van der Waals surface area contributed by atoms with Crippen LogP contribution in [0.3, 0.4) is 0 Å². The van der Waals surface area contributed by atoms with Crippen LogP contribution < -0.4 is 0 Å². The number of aromatic nitrogens is 1. The summed E-state index contributed by atoms with van der Waals surface area (Å²) in [6, 6.07) is 65.8. The van der Waals surface area contributed by atoms with Gasteiger partial charge in [0.15, 0.2) is 0 Å². The summed E-state index contributed by atoms with van der Waals surface area (Å²) in [6.07, 6.45) is 0. The lowest BCUT2D eigenvalue weighted by Gasteiger charge is -2.12. The molecule has 10 aromatic rings. The Morgan fingerprint density at radius 3 is 1.54 bits per heavy atom. The number of fused-ring (bicyclic) bond motifs is 9. The van der Waals surface area contributed by atoms with Gasteiger partial charge in [-0.2, -0.15) is 0 Å². The van der Waals surface area contributed by atoms with Crippen LogP contribution in [0.5, 0.6) is 0 Å². The van der Waals surface area contributed by atoms with Crippen LogP contribution in [0, 0.1) is 20.8 Å². The molecule has 248 valence electrons. The molecule has 9 aromatic carbocycles. The zero-order valence-electron chi connectivity index (χ0n) is 29.8. The predicted molar refractivity (Wildman–Crippen MR) is 225 cm³/mol. The van der Waals surface area contributed by atoms with Crippen LogP contribution in [-0.4, -0.2) is 4.57 Å². The van der Waals surface area contributed by atoms with E-state index in [1.807, 2.05) is 0 Å². The average molecular weight is 666 g/mol. The predicted octanol–water partition coefficient (Wildman–Crippen LogP) is 14.2. The third-order valence-electron chi connectivity index (χ3n) is 10.6. The minimum atomic E-state index is 1.19. The molecule has 52 heavy (non-hydrogen) atoms. The van der Waals surface area contributed by atoms with Gasteiger partial charge in [-0.1, -0.05) is 151 Å². The van der Waals surface area contributed by atoms with E-state index in [-0.39, 0.29) is 0 Å². The van der Waals surface area contributed by atoms with E-state index in [2.05, 4.69) is 207 Å². The monoisotopic (exact) mass is 665 g/mol. The summed E-state index contributed by atoms with van der Waals surface area (Å²) in [4.78, 5) is 0. The lowest BCUT2D eigenvalue weighted by molar-refractivity contribution is 1.18. The molecule has 0 radical (unpaired) electrons.